The van der Waals surface area contributed by atoms with Crippen molar-refractivity contribution in [3.8, 4) is 0 Å². The monoisotopic (exact) mass is 330 g/mol. The zero-order valence-electron chi connectivity index (χ0n) is 10.5. The fourth-order valence-electron chi connectivity index (χ4n) is 1.52. The van der Waals surface area contributed by atoms with E-state index >= 15 is 0 Å². The van der Waals surface area contributed by atoms with Gasteiger partial charge in [-0.05, 0) is 24.3 Å². The van der Waals surface area contributed by atoms with Gasteiger partial charge in [-0.3, -0.25) is 0 Å². The summed E-state index contributed by atoms with van der Waals surface area (Å²) in [6.07, 6.45) is 1.32. The molecule has 0 amide bonds. The maximum atomic E-state index is 12.0. The van der Waals surface area contributed by atoms with Gasteiger partial charge < -0.3 is 9.52 Å². The highest BCUT2D eigenvalue weighted by Crippen LogP contribution is 2.13. The van der Waals surface area contributed by atoms with Gasteiger partial charge >= 0.3 is 5.97 Å². The standard InChI is InChI=1S/C12H11ClN2O5S/c13-9-5-10(20-7-9)6-14-15-21(18,19)11-3-1-2-8(4-11)12(16)17/h1-5,7,14-15H,6H2,(H,16,17). The Morgan fingerprint density at radius 2 is 2.10 bits per heavy atom. The Morgan fingerprint density at radius 3 is 2.71 bits per heavy atom. The van der Waals surface area contributed by atoms with Crippen molar-refractivity contribution in [3.63, 3.8) is 0 Å². The molecule has 2 rings (SSSR count). The molecule has 112 valence electrons. The van der Waals surface area contributed by atoms with Crippen molar-refractivity contribution >= 4 is 27.6 Å². The summed E-state index contributed by atoms with van der Waals surface area (Å²) in [5, 5.41) is 9.25. The number of hydrazine groups is 1. The molecule has 0 saturated heterocycles. The Labute approximate surface area is 125 Å². The number of carboxylic acids is 1. The van der Waals surface area contributed by atoms with Crippen LogP contribution in [0.25, 0.3) is 0 Å². The van der Waals surface area contributed by atoms with Crippen molar-refractivity contribution in [1.29, 1.82) is 0 Å². The fraction of sp³-hybridized carbons (Fsp3) is 0.0833. The highest BCUT2D eigenvalue weighted by Gasteiger charge is 2.15. The van der Waals surface area contributed by atoms with E-state index in [0.717, 1.165) is 6.07 Å². The number of sulfonamides is 1. The predicted octanol–water partition coefficient (Wildman–Crippen LogP) is 1.61. The number of nitrogens with one attached hydrogen (secondary N) is 2. The molecule has 7 nitrogen and oxygen atoms in total. The summed E-state index contributed by atoms with van der Waals surface area (Å²) in [5.74, 6) is -0.757. The van der Waals surface area contributed by atoms with E-state index in [2.05, 4.69) is 10.3 Å². The van der Waals surface area contributed by atoms with Crippen molar-refractivity contribution < 1.29 is 22.7 Å². The van der Waals surface area contributed by atoms with Crippen LogP contribution >= 0.6 is 11.6 Å². The number of carbonyl (C=O) groups is 1. The normalized spacial score (nSPS) is 11.5. The van der Waals surface area contributed by atoms with Crippen molar-refractivity contribution in [3.05, 3.63) is 52.9 Å². The molecule has 1 aromatic carbocycles. The maximum Gasteiger partial charge on any atom is 0.335 e. The van der Waals surface area contributed by atoms with Crippen LogP contribution in [0.15, 0.2) is 45.9 Å². The number of halogens is 1. The SMILES string of the molecule is O=C(O)c1cccc(S(=O)(=O)NNCc2cc(Cl)co2)c1. The molecule has 9 heteroatoms. The molecule has 0 aliphatic carbocycles. The van der Waals surface area contributed by atoms with E-state index < -0.39 is 16.0 Å². The van der Waals surface area contributed by atoms with Crippen LogP contribution in [-0.2, 0) is 16.6 Å². The van der Waals surface area contributed by atoms with Crippen molar-refractivity contribution in [2.75, 3.05) is 0 Å². The van der Waals surface area contributed by atoms with Crippen LogP contribution in [0.4, 0.5) is 0 Å². The highest BCUT2D eigenvalue weighted by atomic mass is 35.5. The highest BCUT2D eigenvalue weighted by molar-refractivity contribution is 7.89. The number of benzene rings is 1. The molecule has 0 aliphatic heterocycles. The zero-order valence-corrected chi connectivity index (χ0v) is 12.1. The van der Waals surface area contributed by atoms with E-state index in [9.17, 15) is 13.2 Å². The second-order valence-corrected chi connectivity index (χ2v) is 6.14. The zero-order chi connectivity index (χ0) is 15.5. The van der Waals surface area contributed by atoms with Crippen LogP contribution in [0.5, 0.6) is 0 Å². The van der Waals surface area contributed by atoms with Gasteiger partial charge in [-0.2, -0.15) is 0 Å². The quantitative estimate of drug-likeness (QED) is 0.694. The first-order valence-corrected chi connectivity index (χ1v) is 7.55. The van der Waals surface area contributed by atoms with Gasteiger partial charge in [0.05, 0.1) is 22.0 Å². The molecular weight excluding hydrogens is 320 g/mol. The minimum absolute atomic E-state index is 0.0879. The average molecular weight is 331 g/mol. The number of hydrogen-bond acceptors (Lipinski definition) is 5. The summed E-state index contributed by atoms with van der Waals surface area (Å²) in [4.78, 5) is 12.8. The van der Waals surface area contributed by atoms with Crippen molar-refractivity contribution in [2.45, 2.75) is 11.4 Å². The van der Waals surface area contributed by atoms with Gasteiger partial charge in [0.15, 0.2) is 0 Å². The molecule has 0 radical (unpaired) electrons. The maximum absolute atomic E-state index is 12.0. The lowest BCUT2D eigenvalue weighted by atomic mass is 10.2. The summed E-state index contributed by atoms with van der Waals surface area (Å²) < 4.78 is 29.0. The number of carboxylic acid groups (broad SMARTS) is 1. The molecule has 0 fully saturated rings. The first-order valence-electron chi connectivity index (χ1n) is 5.69. The molecule has 0 atom stereocenters. The van der Waals surface area contributed by atoms with Crippen LogP contribution in [0.2, 0.25) is 5.02 Å². The summed E-state index contributed by atoms with van der Waals surface area (Å²) in [6.45, 7) is 0.0879. The number of rotatable bonds is 6. The van der Waals surface area contributed by atoms with E-state index in [1.54, 1.807) is 0 Å². The average Bonchev–Trinajstić information content (AvgIpc) is 2.84. The van der Waals surface area contributed by atoms with Crippen LogP contribution in [0.1, 0.15) is 16.1 Å². The third kappa shape index (κ3) is 4.05. The Balaban J connectivity index is 2.04. The second kappa shape index (κ2) is 6.27. The molecule has 2 aromatic rings. The molecule has 0 aliphatic rings. The minimum atomic E-state index is -3.88. The van der Waals surface area contributed by atoms with E-state index in [1.807, 2.05) is 0 Å². The Morgan fingerprint density at radius 1 is 1.33 bits per heavy atom. The molecule has 21 heavy (non-hydrogen) atoms. The van der Waals surface area contributed by atoms with Crippen LogP contribution < -0.4 is 10.3 Å². The third-order valence-corrected chi connectivity index (χ3v) is 3.97. The van der Waals surface area contributed by atoms with E-state index in [0.29, 0.717) is 10.8 Å². The first-order chi connectivity index (χ1) is 9.88. The predicted molar refractivity (Wildman–Crippen MR) is 74.3 cm³/mol. The largest absolute Gasteiger partial charge is 0.478 e. The molecule has 0 saturated carbocycles. The van der Waals surface area contributed by atoms with Crippen LogP contribution in [-0.4, -0.2) is 19.5 Å². The van der Waals surface area contributed by atoms with E-state index in [1.165, 1.54) is 30.5 Å². The molecule has 3 N–H and O–H groups in total. The second-order valence-electron chi connectivity index (χ2n) is 4.02. The molecule has 1 heterocycles. The van der Waals surface area contributed by atoms with Crippen molar-refractivity contribution in [2.24, 2.45) is 0 Å². The number of furan rings is 1. The van der Waals surface area contributed by atoms with E-state index in [4.69, 9.17) is 21.1 Å². The fourth-order valence-corrected chi connectivity index (χ4v) is 2.61. The van der Waals surface area contributed by atoms with E-state index in [-0.39, 0.29) is 17.0 Å². The lowest BCUT2D eigenvalue weighted by molar-refractivity contribution is 0.0696. The molecule has 0 unspecified atom stereocenters. The summed E-state index contributed by atoms with van der Waals surface area (Å²) in [7, 11) is -3.88. The molecule has 0 bridgehead atoms. The smallest absolute Gasteiger partial charge is 0.335 e. The Hall–Kier alpha value is -1.87. The topological polar surface area (TPSA) is 109 Å². The van der Waals surface area contributed by atoms with Gasteiger partial charge in [-0.25, -0.2) is 18.6 Å². The van der Waals surface area contributed by atoms with Gasteiger partial charge in [0.1, 0.15) is 12.0 Å². The number of aromatic carboxylic acids is 1. The van der Waals surface area contributed by atoms with Gasteiger partial charge in [0.2, 0.25) is 0 Å². The lowest BCUT2D eigenvalue weighted by Crippen LogP contribution is -2.36. The molecule has 0 spiro atoms. The van der Waals surface area contributed by atoms with Crippen LogP contribution in [0.3, 0.4) is 0 Å². The first kappa shape index (κ1) is 15.5. The minimum Gasteiger partial charge on any atom is -0.478 e. The Bertz CT molecular complexity index is 757. The third-order valence-electron chi connectivity index (χ3n) is 2.48. The van der Waals surface area contributed by atoms with Gasteiger partial charge in [-0.1, -0.05) is 17.7 Å². The lowest BCUT2D eigenvalue weighted by Gasteiger charge is -2.07. The van der Waals surface area contributed by atoms with Gasteiger partial charge in [-0.15, -0.1) is 4.83 Å². The summed E-state index contributed by atoms with van der Waals surface area (Å²) in [6, 6.07) is 6.55. The van der Waals surface area contributed by atoms with Gasteiger partial charge in [0.25, 0.3) is 10.0 Å². The molecule has 1 aromatic heterocycles. The number of hydrogen-bond donors (Lipinski definition) is 3. The molecular formula is C12H11ClN2O5S. The van der Waals surface area contributed by atoms with Crippen LogP contribution in [0, 0.1) is 0 Å². The van der Waals surface area contributed by atoms with Gasteiger partial charge in [0, 0.05) is 0 Å². The van der Waals surface area contributed by atoms with Crippen molar-refractivity contribution in [1.82, 2.24) is 10.3 Å². The summed E-state index contributed by atoms with van der Waals surface area (Å²) >= 11 is 5.66. The summed E-state index contributed by atoms with van der Waals surface area (Å²) in [5.41, 5.74) is 2.35. The Kier molecular flexibility index (Phi) is 4.63.